The SMILES string of the molecule is NCC(NN1CCOCC1)c1ccc(Cl)c(F)c1. The number of ether oxygens (including phenoxy) is 1. The second-order valence-electron chi connectivity index (χ2n) is 4.19. The van der Waals surface area contributed by atoms with E-state index in [0.717, 1.165) is 18.7 Å². The van der Waals surface area contributed by atoms with Crippen molar-refractivity contribution in [2.24, 2.45) is 5.73 Å². The van der Waals surface area contributed by atoms with Gasteiger partial charge in [0.15, 0.2) is 0 Å². The van der Waals surface area contributed by atoms with Gasteiger partial charge in [-0.3, -0.25) is 0 Å². The van der Waals surface area contributed by atoms with Crippen molar-refractivity contribution in [2.75, 3.05) is 32.8 Å². The fraction of sp³-hybridized carbons (Fsp3) is 0.500. The van der Waals surface area contributed by atoms with Crippen LogP contribution in [0.25, 0.3) is 0 Å². The number of hydrazine groups is 1. The highest BCUT2D eigenvalue weighted by molar-refractivity contribution is 6.30. The van der Waals surface area contributed by atoms with Crippen LogP contribution in [0.15, 0.2) is 18.2 Å². The molecule has 1 unspecified atom stereocenters. The van der Waals surface area contributed by atoms with Gasteiger partial charge in [-0.2, -0.15) is 0 Å². The van der Waals surface area contributed by atoms with E-state index in [-0.39, 0.29) is 11.1 Å². The Labute approximate surface area is 111 Å². The number of morpholine rings is 1. The Kier molecular flexibility index (Phi) is 4.91. The maximum absolute atomic E-state index is 13.4. The fourth-order valence-corrected chi connectivity index (χ4v) is 2.02. The number of nitrogens with zero attached hydrogens (tertiary/aromatic N) is 1. The Morgan fingerprint density at radius 3 is 2.78 bits per heavy atom. The van der Waals surface area contributed by atoms with Crippen LogP contribution in [0, 0.1) is 5.82 Å². The molecule has 1 aromatic rings. The first-order chi connectivity index (χ1) is 8.70. The molecular weight excluding hydrogens is 257 g/mol. The molecule has 100 valence electrons. The molecule has 18 heavy (non-hydrogen) atoms. The van der Waals surface area contributed by atoms with Gasteiger partial charge in [0, 0.05) is 19.6 Å². The lowest BCUT2D eigenvalue weighted by molar-refractivity contribution is 0.00403. The average Bonchev–Trinajstić information content (AvgIpc) is 2.40. The Balaban J connectivity index is 2.04. The maximum atomic E-state index is 13.4. The summed E-state index contributed by atoms with van der Waals surface area (Å²) in [6, 6.07) is 4.65. The summed E-state index contributed by atoms with van der Waals surface area (Å²) in [5.41, 5.74) is 9.82. The number of rotatable bonds is 4. The number of hydrogen-bond acceptors (Lipinski definition) is 4. The number of halogens is 2. The average molecular weight is 274 g/mol. The molecule has 6 heteroatoms. The number of nitrogens with two attached hydrogens (primary N) is 1. The van der Waals surface area contributed by atoms with Crippen molar-refractivity contribution in [3.8, 4) is 0 Å². The Hall–Kier alpha value is -0.720. The summed E-state index contributed by atoms with van der Waals surface area (Å²) in [6.45, 7) is 3.37. The minimum absolute atomic E-state index is 0.116. The lowest BCUT2D eigenvalue weighted by atomic mass is 10.1. The summed E-state index contributed by atoms with van der Waals surface area (Å²) >= 11 is 5.67. The minimum Gasteiger partial charge on any atom is -0.379 e. The van der Waals surface area contributed by atoms with Crippen LogP contribution in [0.2, 0.25) is 5.02 Å². The molecule has 1 fully saturated rings. The van der Waals surface area contributed by atoms with Crippen LogP contribution in [-0.4, -0.2) is 37.9 Å². The van der Waals surface area contributed by atoms with Gasteiger partial charge in [0.25, 0.3) is 0 Å². The van der Waals surface area contributed by atoms with Gasteiger partial charge in [0.2, 0.25) is 0 Å². The standard InChI is InChI=1S/C12H17ClFN3O/c13-10-2-1-9(7-11(10)14)12(8-15)16-17-3-5-18-6-4-17/h1-2,7,12,16H,3-6,8,15H2. The molecular formula is C12H17ClFN3O. The molecule has 1 aliphatic rings. The summed E-state index contributed by atoms with van der Waals surface area (Å²) in [6.07, 6.45) is 0. The highest BCUT2D eigenvalue weighted by atomic mass is 35.5. The zero-order valence-electron chi connectivity index (χ0n) is 10.0. The molecule has 1 saturated heterocycles. The van der Waals surface area contributed by atoms with Crippen molar-refractivity contribution in [1.29, 1.82) is 0 Å². The summed E-state index contributed by atoms with van der Waals surface area (Å²) in [5, 5.41) is 2.17. The predicted molar refractivity (Wildman–Crippen MR) is 68.7 cm³/mol. The molecule has 0 radical (unpaired) electrons. The van der Waals surface area contributed by atoms with E-state index >= 15 is 0 Å². The Morgan fingerprint density at radius 1 is 1.44 bits per heavy atom. The topological polar surface area (TPSA) is 50.5 Å². The number of hydrogen-bond donors (Lipinski definition) is 2. The van der Waals surface area contributed by atoms with Crippen LogP contribution in [0.5, 0.6) is 0 Å². The van der Waals surface area contributed by atoms with Gasteiger partial charge in [-0.15, -0.1) is 0 Å². The molecule has 1 aromatic carbocycles. The summed E-state index contributed by atoms with van der Waals surface area (Å²) in [5.74, 6) is -0.420. The van der Waals surface area contributed by atoms with Crippen molar-refractivity contribution in [1.82, 2.24) is 10.4 Å². The van der Waals surface area contributed by atoms with E-state index in [4.69, 9.17) is 22.1 Å². The third kappa shape index (κ3) is 3.40. The van der Waals surface area contributed by atoms with Crippen molar-refractivity contribution >= 4 is 11.6 Å². The van der Waals surface area contributed by atoms with Crippen LogP contribution in [-0.2, 0) is 4.74 Å². The van der Waals surface area contributed by atoms with Crippen LogP contribution < -0.4 is 11.2 Å². The molecule has 1 heterocycles. The molecule has 0 aliphatic carbocycles. The third-order valence-corrected chi connectivity index (χ3v) is 3.24. The highest BCUT2D eigenvalue weighted by Gasteiger charge is 2.17. The van der Waals surface area contributed by atoms with Gasteiger partial charge in [0.1, 0.15) is 5.82 Å². The fourth-order valence-electron chi connectivity index (χ4n) is 1.91. The highest BCUT2D eigenvalue weighted by Crippen LogP contribution is 2.20. The lowest BCUT2D eigenvalue weighted by Gasteiger charge is -2.31. The van der Waals surface area contributed by atoms with E-state index in [1.807, 2.05) is 5.01 Å². The largest absolute Gasteiger partial charge is 0.379 e. The van der Waals surface area contributed by atoms with Crippen molar-refractivity contribution in [3.63, 3.8) is 0 Å². The molecule has 0 bridgehead atoms. The van der Waals surface area contributed by atoms with Gasteiger partial charge >= 0.3 is 0 Å². The van der Waals surface area contributed by atoms with Crippen LogP contribution >= 0.6 is 11.6 Å². The Bertz CT molecular complexity index is 399. The smallest absolute Gasteiger partial charge is 0.142 e. The van der Waals surface area contributed by atoms with E-state index in [1.54, 1.807) is 12.1 Å². The third-order valence-electron chi connectivity index (χ3n) is 2.93. The van der Waals surface area contributed by atoms with E-state index in [1.165, 1.54) is 6.07 Å². The van der Waals surface area contributed by atoms with Crippen LogP contribution in [0.4, 0.5) is 4.39 Å². The first-order valence-electron chi connectivity index (χ1n) is 5.94. The summed E-state index contributed by atoms with van der Waals surface area (Å²) < 4.78 is 18.7. The molecule has 0 saturated carbocycles. The van der Waals surface area contributed by atoms with Gasteiger partial charge < -0.3 is 10.5 Å². The van der Waals surface area contributed by atoms with Crippen molar-refractivity contribution in [3.05, 3.63) is 34.6 Å². The van der Waals surface area contributed by atoms with E-state index in [0.29, 0.717) is 19.8 Å². The molecule has 0 spiro atoms. The monoisotopic (exact) mass is 273 g/mol. The molecule has 4 nitrogen and oxygen atoms in total. The summed E-state index contributed by atoms with van der Waals surface area (Å²) in [4.78, 5) is 0. The molecule has 1 atom stereocenters. The minimum atomic E-state index is -0.420. The quantitative estimate of drug-likeness (QED) is 0.869. The zero-order chi connectivity index (χ0) is 13.0. The first kappa shape index (κ1) is 13.7. The second kappa shape index (κ2) is 6.45. The zero-order valence-corrected chi connectivity index (χ0v) is 10.8. The first-order valence-corrected chi connectivity index (χ1v) is 6.32. The molecule has 3 N–H and O–H groups in total. The van der Waals surface area contributed by atoms with E-state index in [9.17, 15) is 4.39 Å². The molecule has 1 aliphatic heterocycles. The normalized spacial score (nSPS) is 18.8. The maximum Gasteiger partial charge on any atom is 0.142 e. The number of nitrogens with one attached hydrogen (secondary N) is 1. The Morgan fingerprint density at radius 2 is 2.17 bits per heavy atom. The lowest BCUT2D eigenvalue weighted by Crippen LogP contribution is -2.48. The molecule has 2 rings (SSSR count). The van der Waals surface area contributed by atoms with Crippen LogP contribution in [0.3, 0.4) is 0 Å². The van der Waals surface area contributed by atoms with Crippen LogP contribution in [0.1, 0.15) is 11.6 Å². The van der Waals surface area contributed by atoms with Gasteiger partial charge in [-0.05, 0) is 17.7 Å². The van der Waals surface area contributed by atoms with Crippen molar-refractivity contribution < 1.29 is 9.13 Å². The van der Waals surface area contributed by atoms with Crippen molar-refractivity contribution in [2.45, 2.75) is 6.04 Å². The van der Waals surface area contributed by atoms with E-state index < -0.39 is 5.82 Å². The van der Waals surface area contributed by atoms with Gasteiger partial charge in [0.05, 0.1) is 24.3 Å². The second-order valence-corrected chi connectivity index (χ2v) is 4.60. The predicted octanol–water partition coefficient (Wildman–Crippen LogP) is 1.32. The molecule has 0 aromatic heterocycles. The van der Waals surface area contributed by atoms with E-state index in [2.05, 4.69) is 5.43 Å². The van der Waals surface area contributed by atoms with Gasteiger partial charge in [-0.25, -0.2) is 14.8 Å². The van der Waals surface area contributed by atoms with Gasteiger partial charge in [-0.1, -0.05) is 17.7 Å². The summed E-state index contributed by atoms with van der Waals surface area (Å²) in [7, 11) is 0. The number of benzene rings is 1. The molecule has 0 amide bonds.